The van der Waals surface area contributed by atoms with Crippen LogP contribution in [0.5, 0.6) is 0 Å². The van der Waals surface area contributed by atoms with Crippen LogP contribution in [0.3, 0.4) is 0 Å². The fourth-order valence-corrected chi connectivity index (χ4v) is 1.43. The second-order valence-electron chi connectivity index (χ2n) is 3.94. The molecule has 0 aliphatic carbocycles. The number of rotatable bonds is 6. The van der Waals surface area contributed by atoms with Gasteiger partial charge in [-0.1, -0.05) is 0 Å². The average Bonchev–Trinajstić information content (AvgIpc) is 2.38. The van der Waals surface area contributed by atoms with Gasteiger partial charge in [-0.3, -0.25) is 4.79 Å². The van der Waals surface area contributed by atoms with Crippen molar-refractivity contribution in [2.75, 3.05) is 11.9 Å². The zero-order chi connectivity index (χ0) is 15.1. The molecule has 8 heteroatoms. The number of nitrogens with one attached hydrogen (secondary N) is 2. The predicted molar refractivity (Wildman–Crippen MR) is 70.2 cm³/mol. The zero-order valence-corrected chi connectivity index (χ0v) is 10.5. The largest absolute Gasteiger partial charge is 0.480 e. The highest BCUT2D eigenvalue weighted by molar-refractivity contribution is 5.95. The number of carboxylic acids is 1. The summed E-state index contributed by atoms with van der Waals surface area (Å²) in [6.45, 7) is -0.357. The quantitative estimate of drug-likeness (QED) is 0.488. The van der Waals surface area contributed by atoms with Crippen LogP contribution < -0.4 is 16.4 Å². The number of carbonyl (C=O) groups is 3. The number of anilines is 1. The number of amides is 3. The molecule has 0 saturated carbocycles. The van der Waals surface area contributed by atoms with Gasteiger partial charge in [-0.15, -0.1) is 0 Å². The number of hydrogen-bond acceptors (Lipinski definition) is 4. The van der Waals surface area contributed by atoms with Crippen LogP contribution >= 0.6 is 0 Å². The number of urea groups is 1. The molecule has 1 atom stereocenters. The van der Waals surface area contributed by atoms with E-state index in [0.717, 1.165) is 0 Å². The highest BCUT2D eigenvalue weighted by Gasteiger charge is 2.19. The Labute approximate surface area is 114 Å². The summed E-state index contributed by atoms with van der Waals surface area (Å²) in [6, 6.07) is 3.88. The summed E-state index contributed by atoms with van der Waals surface area (Å²) in [6.07, 6.45) is -0.0939. The van der Waals surface area contributed by atoms with Crippen molar-refractivity contribution in [2.24, 2.45) is 5.73 Å². The normalized spacial score (nSPS) is 11.4. The third-order valence-electron chi connectivity index (χ3n) is 2.45. The van der Waals surface area contributed by atoms with Gasteiger partial charge in [0, 0.05) is 24.3 Å². The minimum absolute atomic E-state index is 0.0939. The van der Waals surface area contributed by atoms with Crippen LogP contribution in [0.2, 0.25) is 0 Å². The monoisotopic (exact) mass is 281 g/mol. The van der Waals surface area contributed by atoms with Crippen molar-refractivity contribution in [2.45, 2.75) is 12.5 Å². The molecule has 8 nitrogen and oxygen atoms in total. The standard InChI is InChI=1S/C12H15N3O5/c13-10(17)7-1-3-8(4-2-7)14-12(20)15-9(5-6-16)11(18)19/h1-4,9,16H,5-6H2,(H2,13,17)(H,18,19)(H2,14,15,20). The summed E-state index contributed by atoms with van der Waals surface area (Å²) in [7, 11) is 0. The molecule has 0 aromatic heterocycles. The Balaban J connectivity index is 2.61. The van der Waals surface area contributed by atoms with E-state index in [1.54, 1.807) is 0 Å². The van der Waals surface area contributed by atoms with Crippen molar-refractivity contribution < 1.29 is 24.6 Å². The van der Waals surface area contributed by atoms with Gasteiger partial charge in [0.25, 0.3) is 0 Å². The van der Waals surface area contributed by atoms with Crippen molar-refractivity contribution in [1.29, 1.82) is 0 Å². The van der Waals surface area contributed by atoms with E-state index in [1.165, 1.54) is 24.3 Å². The smallest absolute Gasteiger partial charge is 0.326 e. The van der Waals surface area contributed by atoms with Gasteiger partial charge in [0.05, 0.1) is 0 Å². The first-order chi connectivity index (χ1) is 9.43. The lowest BCUT2D eigenvalue weighted by atomic mass is 10.2. The SMILES string of the molecule is NC(=O)c1ccc(NC(=O)NC(CCO)C(=O)O)cc1. The van der Waals surface area contributed by atoms with E-state index >= 15 is 0 Å². The Morgan fingerprint density at radius 1 is 1.20 bits per heavy atom. The van der Waals surface area contributed by atoms with Gasteiger partial charge >= 0.3 is 12.0 Å². The number of aliphatic carboxylic acids is 1. The molecule has 0 spiro atoms. The molecule has 0 radical (unpaired) electrons. The lowest BCUT2D eigenvalue weighted by Gasteiger charge is -2.14. The molecule has 1 rings (SSSR count). The second kappa shape index (κ2) is 7.10. The molecule has 6 N–H and O–H groups in total. The number of nitrogens with two attached hydrogens (primary N) is 1. The maximum absolute atomic E-state index is 11.6. The van der Waals surface area contributed by atoms with Gasteiger partial charge in [0.1, 0.15) is 6.04 Å². The van der Waals surface area contributed by atoms with Gasteiger partial charge < -0.3 is 26.6 Å². The van der Waals surface area contributed by atoms with E-state index in [0.29, 0.717) is 11.3 Å². The summed E-state index contributed by atoms with van der Waals surface area (Å²) in [5.74, 6) is -1.83. The summed E-state index contributed by atoms with van der Waals surface area (Å²) >= 11 is 0. The Hall–Kier alpha value is -2.61. The number of aliphatic hydroxyl groups is 1. The lowest BCUT2D eigenvalue weighted by molar-refractivity contribution is -0.139. The van der Waals surface area contributed by atoms with Crippen molar-refractivity contribution in [1.82, 2.24) is 5.32 Å². The lowest BCUT2D eigenvalue weighted by Crippen LogP contribution is -2.43. The topological polar surface area (TPSA) is 142 Å². The molecule has 0 bridgehead atoms. The highest BCUT2D eigenvalue weighted by atomic mass is 16.4. The number of primary amides is 1. The first-order valence-electron chi connectivity index (χ1n) is 5.75. The molecular weight excluding hydrogens is 266 g/mol. The van der Waals surface area contributed by atoms with Gasteiger partial charge in [-0.05, 0) is 24.3 Å². The Morgan fingerprint density at radius 3 is 2.25 bits per heavy atom. The van der Waals surface area contributed by atoms with Gasteiger partial charge in [-0.25, -0.2) is 9.59 Å². The van der Waals surface area contributed by atoms with Gasteiger partial charge in [0.2, 0.25) is 5.91 Å². The summed E-state index contributed by atoms with van der Waals surface area (Å²) in [5, 5.41) is 22.1. The minimum Gasteiger partial charge on any atom is -0.480 e. The number of benzene rings is 1. The van der Waals surface area contributed by atoms with Crippen molar-refractivity contribution in [3.05, 3.63) is 29.8 Å². The average molecular weight is 281 g/mol. The van der Waals surface area contributed by atoms with E-state index in [1.807, 2.05) is 0 Å². The van der Waals surface area contributed by atoms with Gasteiger partial charge in [0.15, 0.2) is 0 Å². The van der Waals surface area contributed by atoms with Crippen LogP contribution in [0.1, 0.15) is 16.8 Å². The maximum atomic E-state index is 11.6. The van der Waals surface area contributed by atoms with E-state index in [9.17, 15) is 14.4 Å². The maximum Gasteiger partial charge on any atom is 0.326 e. The van der Waals surface area contributed by atoms with Crippen LogP contribution in [-0.2, 0) is 4.79 Å². The van der Waals surface area contributed by atoms with E-state index in [2.05, 4.69) is 10.6 Å². The number of aliphatic hydroxyl groups excluding tert-OH is 1. The summed E-state index contributed by atoms with van der Waals surface area (Å²) < 4.78 is 0. The third-order valence-corrected chi connectivity index (χ3v) is 2.45. The highest BCUT2D eigenvalue weighted by Crippen LogP contribution is 2.09. The molecule has 0 saturated heterocycles. The van der Waals surface area contributed by atoms with Crippen LogP contribution in [0.15, 0.2) is 24.3 Å². The fourth-order valence-electron chi connectivity index (χ4n) is 1.43. The molecule has 0 aliphatic rings. The molecule has 1 aromatic rings. The molecule has 0 fully saturated rings. The Bertz CT molecular complexity index is 500. The summed E-state index contributed by atoms with van der Waals surface area (Å²) in [5.41, 5.74) is 5.74. The zero-order valence-electron chi connectivity index (χ0n) is 10.5. The van der Waals surface area contributed by atoms with E-state index in [4.69, 9.17) is 15.9 Å². The van der Waals surface area contributed by atoms with Crippen molar-refractivity contribution >= 4 is 23.6 Å². The first kappa shape index (κ1) is 15.4. The summed E-state index contributed by atoms with van der Waals surface area (Å²) in [4.78, 5) is 33.2. The van der Waals surface area contributed by atoms with Gasteiger partial charge in [-0.2, -0.15) is 0 Å². The second-order valence-corrected chi connectivity index (χ2v) is 3.94. The third kappa shape index (κ3) is 4.58. The molecule has 1 unspecified atom stereocenters. The molecular formula is C12H15N3O5. The van der Waals surface area contributed by atoms with Crippen molar-refractivity contribution in [3.63, 3.8) is 0 Å². The van der Waals surface area contributed by atoms with Crippen molar-refractivity contribution in [3.8, 4) is 0 Å². The molecule has 0 aliphatic heterocycles. The van der Waals surface area contributed by atoms with Crippen LogP contribution in [0.25, 0.3) is 0 Å². The molecule has 3 amide bonds. The van der Waals surface area contributed by atoms with Crippen LogP contribution in [0.4, 0.5) is 10.5 Å². The van der Waals surface area contributed by atoms with E-state index in [-0.39, 0.29) is 13.0 Å². The first-order valence-corrected chi connectivity index (χ1v) is 5.75. The molecule has 108 valence electrons. The van der Waals surface area contributed by atoms with E-state index < -0.39 is 23.9 Å². The number of carboxylic acid groups (broad SMARTS) is 1. The van der Waals surface area contributed by atoms with Crippen LogP contribution in [0, 0.1) is 0 Å². The van der Waals surface area contributed by atoms with Crippen LogP contribution in [-0.4, -0.2) is 40.8 Å². The predicted octanol–water partition coefficient (Wildman–Crippen LogP) is -0.257. The Morgan fingerprint density at radius 2 is 1.80 bits per heavy atom. The minimum atomic E-state index is -1.24. The number of carbonyl (C=O) groups excluding carboxylic acids is 2. The number of hydrogen-bond donors (Lipinski definition) is 5. The molecule has 0 heterocycles. The Kier molecular flexibility index (Phi) is 5.48. The fraction of sp³-hybridized carbons (Fsp3) is 0.250. The molecule has 20 heavy (non-hydrogen) atoms. The molecule has 1 aromatic carbocycles.